The van der Waals surface area contributed by atoms with E-state index < -0.39 is 0 Å². The van der Waals surface area contributed by atoms with Crippen LogP contribution in [0.3, 0.4) is 0 Å². The molecule has 0 unspecified atom stereocenters. The van der Waals surface area contributed by atoms with Crippen LogP contribution in [0, 0.1) is 6.92 Å². The number of nitrogens with zero attached hydrogens (tertiary/aromatic N) is 2. The number of fused-ring (bicyclic) bond motifs is 1. The summed E-state index contributed by atoms with van der Waals surface area (Å²) < 4.78 is 6.22. The van der Waals surface area contributed by atoms with E-state index in [0.29, 0.717) is 16.5 Å². The van der Waals surface area contributed by atoms with Crippen molar-refractivity contribution in [2.24, 2.45) is 0 Å². The molecule has 0 spiro atoms. The topological polar surface area (TPSA) is 97.1 Å². The molecule has 0 aliphatic carbocycles. The number of hydrogen-bond donors (Lipinski definition) is 2. The summed E-state index contributed by atoms with van der Waals surface area (Å²) in [7, 11) is 0. The number of rotatable bonds is 6. The summed E-state index contributed by atoms with van der Waals surface area (Å²) in [5, 5.41) is 8.64. The van der Waals surface area contributed by atoms with E-state index >= 15 is 0 Å². The molecule has 0 saturated heterocycles. The van der Waals surface area contributed by atoms with E-state index in [1.54, 1.807) is 28.8 Å². The van der Waals surface area contributed by atoms with Gasteiger partial charge in [0.05, 0.1) is 28.6 Å². The van der Waals surface area contributed by atoms with Crippen LogP contribution >= 0.6 is 22.7 Å². The fourth-order valence-electron chi connectivity index (χ4n) is 3.23. The molecular formula is C24H18N4O3S2. The second-order valence-electron chi connectivity index (χ2n) is 7.37. The van der Waals surface area contributed by atoms with Gasteiger partial charge in [0.15, 0.2) is 10.9 Å². The first kappa shape index (κ1) is 21.0. The smallest absolute Gasteiger partial charge is 0.293 e. The Balaban J connectivity index is 1.19. The zero-order valence-electron chi connectivity index (χ0n) is 17.5. The maximum atomic E-state index is 12.4. The van der Waals surface area contributed by atoms with E-state index in [9.17, 15) is 9.59 Å². The van der Waals surface area contributed by atoms with Crippen molar-refractivity contribution in [3.63, 3.8) is 0 Å². The van der Waals surface area contributed by atoms with E-state index in [4.69, 9.17) is 9.40 Å². The lowest BCUT2D eigenvalue weighted by molar-refractivity contribution is -0.115. The highest BCUT2D eigenvalue weighted by molar-refractivity contribution is 7.21. The number of aryl methyl sites for hydroxylation is 1. The normalized spacial score (nSPS) is 10.9. The quantitative estimate of drug-likeness (QED) is 0.326. The third kappa shape index (κ3) is 4.84. The van der Waals surface area contributed by atoms with E-state index in [-0.39, 0.29) is 24.0 Å². The minimum atomic E-state index is -0.381. The predicted molar refractivity (Wildman–Crippen MR) is 131 cm³/mol. The molecule has 7 nitrogen and oxygen atoms in total. The molecule has 9 heteroatoms. The van der Waals surface area contributed by atoms with Crippen molar-refractivity contribution in [2.75, 3.05) is 10.6 Å². The third-order valence-corrected chi connectivity index (χ3v) is 6.69. The molecule has 0 bridgehead atoms. The number of thiazole rings is 2. The Morgan fingerprint density at radius 3 is 2.67 bits per heavy atom. The zero-order chi connectivity index (χ0) is 22.8. The molecule has 2 amide bonds. The Kier molecular flexibility index (Phi) is 5.72. The molecule has 0 radical (unpaired) electrons. The number of carbonyl (C=O) groups excluding carboxylic acids is 2. The van der Waals surface area contributed by atoms with Crippen LogP contribution in [-0.4, -0.2) is 21.8 Å². The maximum absolute atomic E-state index is 12.4. The monoisotopic (exact) mass is 474 g/mol. The van der Waals surface area contributed by atoms with Gasteiger partial charge in [-0.05, 0) is 61.0 Å². The first-order valence-electron chi connectivity index (χ1n) is 10.1. The number of carbonyl (C=O) groups is 2. The average molecular weight is 475 g/mol. The van der Waals surface area contributed by atoms with Crippen molar-refractivity contribution in [1.82, 2.24) is 9.97 Å². The van der Waals surface area contributed by atoms with Crippen LogP contribution in [0.1, 0.15) is 21.8 Å². The van der Waals surface area contributed by atoms with Crippen molar-refractivity contribution in [2.45, 2.75) is 13.3 Å². The van der Waals surface area contributed by atoms with Crippen molar-refractivity contribution in [3.05, 3.63) is 83.3 Å². The number of aromatic nitrogens is 2. The molecule has 33 heavy (non-hydrogen) atoms. The number of anilines is 2. The van der Waals surface area contributed by atoms with Gasteiger partial charge >= 0.3 is 0 Å². The highest BCUT2D eigenvalue weighted by atomic mass is 32.1. The molecule has 2 aromatic carbocycles. The lowest BCUT2D eigenvalue weighted by atomic mass is 10.2. The molecule has 2 N–H and O–H groups in total. The van der Waals surface area contributed by atoms with Gasteiger partial charge in [-0.2, -0.15) is 0 Å². The number of benzene rings is 2. The molecule has 3 heterocycles. The summed E-state index contributed by atoms with van der Waals surface area (Å²) in [5.41, 5.74) is 4.48. The van der Waals surface area contributed by atoms with Crippen LogP contribution in [0.25, 0.3) is 20.8 Å². The lowest BCUT2D eigenvalue weighted by Gasteiger charge is -2.05. The average Bonchev–Trinajstić information content (AvgIpc) is 3.55. The minimum absolute atomic E-state index is 0.103. The SMILES string of the molecule is Cc1ccc2nc(-c3ccc(NC(=O)Cc4csc(NC(=O)c5ccco5)n4)cc3)sc2c1. The minimum Gasteiger partial charge on any atom is -0.459 e. The van der Waals surface area contributed by atoms with Gasteiger partial charge in [0, 0.05) is 16.6 Å². The van der Waals surface area contributed by atoms with Gasteiger partial charge in [-0.3, -0.25) is 14.9 Å². The van der Waals surface area contributed by atoms with Crippen LogP contribution in [0.15, 0.2) is 70.7 Å². The number of amides is 2. The van der Waals surface area contributed by atoms with Gasteiger partial charge in [-0.25, -0.2) is 9.97 Å². The molecule has 5 rings (SSSR count). The molecule has 164 valence electrons. The Hall–Kier alpha value is -3.82. The van der Waals surface area contributed by atoms with E-state index in [1.807, 2.05) is 30.3 Å². The predicted octanol–water partition coefficient (Wildman–Crippen LogP) is 5.75. The Morgan fingerprint density at radius 1 is 1.03 bits per heavy atom. The zero-order valence-corrected chi connectivity index (χ0v) is 19.1. The summed E-state index contributed by atoms with van der Waals surface area (Å²) in [4.78, 5) is 33.5. The van der Waals surface area contributed by atoms with Crippen LogP contribution in [0.2, 0.25) is 0 Å². The van der Waals surface area contributed by atoms with E-state index in [1.165, 1.54) is 23.2 Å². The summed E-state index contributed by atoms with van der Waals surface area (Å²) in [6.45, 7) is 2.07. The summed E-state index contributed by atoms with van der Waals surface area (Å²) >= 11 is 2.91. The molecular weight excluding hydrogens is 456 g/mol. The van der Waals surface area contributed by atoms with Crippen LogP contribution in [-0.2, 0) is 11.2 Å². The second-order valence-corrected chi connectivity index (χ2v) is 9.26. The van der Waals surface area contributed by atoms with Crippen molar-refractivity contribution < 1.29 is 14.0 Å². The Labute approximate surface area is 197 Å². The van der Waals surface area contributed by atoms with E-state index in [0.717, 1.165) is 20.8 Å². The first-order chi connectivity index (χ1) is 16.0. The van der Waals surface area contributed by atoms with Gasteiger partial charge in [-0.15, -0.1) is 22.7 Å². The van der Waals surface area contributed by atoms with Crippen LogP contribution in [0.4, 0.5) is 10.8 Å². The fraction of sp³-hybridized carbons (Fsp3) is 0.0833. The van der Waals surface area contributed by atoms with Gasteiger partial charge < -0.3 is 9.73 Å². The largest absolute Gasteiger partial charge is 0.459 e. The Bertz CT molecular complexity index is 1440. The Morgan fingerprint density at radius 2 is 1.88 bits per heavy atom. The molecule has 0 aliphatic heterocycles. The number of hydrogen-bond acceptors (Lipinski definition) is 7. The lowest BCUT2D eigenvalue weighted by Crippen LogP contribution is -2.15. The molecule has 0 aliphatic rings. The summed E-state index contributed by atoms with van der Waals surface area (Å²) in [6, 6.07) is 17.1. The molecule has 0 saturated carbocycles. The van der Waals surface area contributed by atoms with Gasteiger partial charge in [-0.1, -0.05) is 6.07 Å². The third-order valence-electron chi connectivity index (χ3n) is 4.82. The molecule has 5 aromatic rings. The van der Waals surface area contributed by atoms with Crippen LogP contribution < -0.4 is 10.6 Å². The van der Waals surface area contributed by atoms with Gasteiger partial charge in [0.2, 0.25) is 5.91 Å². The molecule has 0 atom stereocenters. The van der Waals surface area contributed by atoms with Crippen LogP contribution in [0.5, 0.6) is 0 Å². The highest BCUT2D eigenvalue weighted by Gasteiger charge is 2.13. The van der Waals surface area contributed by atoms with Gasteiger partial charge in [0.25, 0.3) is 5.91 Å². The van der Waals surface area contributed by atoms with Gasteiger partial charge in [0.1, 0.15) is 5.01 Å². The van der Waals surface area contributed by atoms with Crippen molar-refractivity contribution in [3.8, 4) is 10.6 Å². The maximum Gasteiger partial charge on any atom is 0.293 e. The number of furan rings is 1. The second kappa shape index (κ2) is 8.97. The van der Waals surface area contributed by atoms with Crippen molar-refractivity contribution >= 4 is 55.5 Å². The number of nitrogens with one attached hydrogen (secondary N) is 2. The van der Waals surface area contributed by atoms with E-state index in [2.05, 4.69) is 34.7 Å². The molecule has 3 aromatic heterocycles. The highest BCUT2D eigenvalue weighted by Crippen LogP contribution is 2.31. The summed E-state index contributed by atoms with van der Waals surface area (Å²) in [5.74, 6) is -0.366. The standard InChI is InChI=1S/C24H18N4O3S2/c1-14-4-9-18-20(11-14)33-23(27-18)15-5-7-16(8-6-15)25-21(29)12-17-13-32-24(26-17)28-22(30)19-3-2-10-31-19/h2-11,13H,12H2,1H3,(H,25,29)(H,26,28,30). The van der Waals surface area contributed by atoms with Crippen molar-refractivity contribution in [1.29, 1.82) is 0 Å². The molecule has 0 fully saturated rings. The fourth-order valence-corrected chi connectivity index (χ4v) is 5.01. The summed E-state index contributed by atoms with van der Waals surface area (Å²) in [6.07, 6.45) is 1.53. The first-order valence-corrected chi connectivity index (χ1v) is 11.8.